The number of carbonyl (C=O) groups is 1. The predicted octanol–water partition coefficient (Wildman–Crippen LogP) is 2.35. The van der Waals surface area contributed by atoms with E-state index in [1.165, 1.54) is 0 Å². The van der Waals surface area contributed by atoms with Gasteiger partial charge in [0.25, 0.3) is 0 Å². The third-order valence-electron chi connectivity index (χ3n) is 2.44. The Hall–Kier alpha value is -0.540. The summed E-state index contributed by atoms with van der Waals surface area (Å²) >= 11 is 0. The van der Waals surface area contributed by atoms with Gasteiger partial charge in [-0.3, -0.25) is 4.39 Å². The first-order valence-electron chi connectivity index (χ1n) is 3.94. The van der Waals surface area contributed by atoms with Crippen molar-refractivity contribution in [2.75, 3.05) is 6.67 Å². The fourth-order valence-corrected chi connectivity index (χ4v) is 1.68. The van der Waals surface area contributed by atoms with Gasteiger partial charge in [0.05, 0.1) is 6.67 Å². The van der Waals surface area contributed by atoms with Crippen molar-refractivity contribution in [3.63, 3.8) is 0 Å². The second-order valence-corrected chi connectivity index (χ2v) is 3.45. The summed E-state index contributed by atoms with van der Waals surface area (Å²) in [6, 6.07) is 0. The fraction of sp³-hybridized carbons (Fsp3) is 0.875. The van der Waals surface area contributed by atoms with Crippen molar-refractivity contribution < 1.29 is 18.0 Å². The number of alkyl halides is 3. The maximum absolute atomic E-state index is 12.7. The third-order valence-corrected chi connectivity index (χ3v) is 2.44. The maximum Gasteiger partial charge on any atom is 0.249 e. The molecular weight excluding hydrogens is 169 g/mol. The second-order valence-electron chi connectivity index (χ2n) is 3.45. The van der Waals surface area contributed by atoms with Gasteiger partial charge in [-0.1, -0.05) is 0 Å². The van der Waals surface area contributed by atoms with E-state index in [4.69, 9.17) is 0 Å². The summed E-state index contributed by atoms with van der Waals surface area (Å²) in [5, 5.41) is 0. The van der Waals surface area contributed by atoms with Gasteiger partial charge in [0.2, 0.25) is 5.92 Å². The Labute approximate surface area is 68.9 Å². The SMILES string of the molecule is O=CC1(CCF)CCC(F)(F)C1. The van der Waals surface area contributed by atoms with Crippen LogP contribution in [0, 0.1) is 5.41 Å². The molecule has 1 aliphatic rings. The molecule has 0 N–H and O–H groups in total. The summed E-state index contributed by atoms with van der Waals surface area (Å²) in [6.07, 6.45) is -0.216. The minimum absolute atomic E-state index is 0.0634. The van der Waals surface area contributed by atoms with Gasteiger partial charge >= 0.3 is 0 Å². The molecule has 4 heteroatoms. The monoisotopic (exact) mass is 180 g/mol. The van der Waals surface area contributed by atoms with Gasteiger partial charge < -0.3 is 4.79 Å². The van der Waals surface area contributed by atoms with E-state index in [9.17, 15) is 18.0 Å². The van der Waals surface area contributed by atoms with Crippen LogP contribution in [-0.2, 0) is 4.79 Å². The molecule has 0 radical (unpaired) electrons. The molecule has 0 aromatic heterocycles. The van der Waals surface area contributed by atoms with E-state index < -0.39 is 24.4 Å². The van der Waals surface area contributed by atoms with Crippen LogP contribution >= 0.6 is 0 Å². The van der Waals surface area contributed by atoms with Gasteiger partial charge in [0.1, 0.15) is 6.29 Å². The molecule has 0 aromatic rings. The lowest BCUT2D eigenvalue weighted by Crippen LogP contribution is -2.22. The first kappa shape index (κ1) is 9.55. The summed E-state index contributed by atoms with van der Waals surface area (Å²) < 4.78 is 37.3. The minimum Gasteiger partial charge on any atom is -0.303 e. The molecule has 0 heterocycles. The number of rotatable bonds is 3. The molecule has 0 bridgehead atoms. The van der Waals surface area contributed by atoms with Crippen molar-refractivity contribution in [2.24, 2.45) is 5.41 Å². The number of aldehydes is 1. The van der Waals surface area contributed by atoms with Crippen LogP contribution in [0.5, 0.6) is 0 Å². The molecule has 0 amide bonds. The van der Waals surface area contributed by atoms with Crippen LogP contribution in [0.4, 0.5) is 13.2 Å². The van der Waals surface area contributed by atoms with Gasteiger partial charge in [-0.15, -0.1) is 0 Å². The molecule has 1 rings (SSSR count). The standard InChI is InChI=1S/C8H11F3O/c9-4-3-7(6-12)1-2-8(10,11)5-7/h6H,1-5H2. The molecule has 1 atom stereocenters. The van der Waals surface area contributed by atoms with Crippen LogP contribution in [0.3, 0.4) is 0 Å². The van der Waals surface area contributed by atoms with Gasteiger partial charge in [-0.05, 0) is 12.8 Å². The summed E-state index contributed by atoms with van der Waals surface area (Å²) in [5.74, 6) is -2.77. The second kappa shape index (κ2) is 3.07. The van der Waals surface area contributed by atoms with Gasteiger partial charge in [-0.25, -0.2) is 8.78 Å². The summed E-state index contributed by atoms with van der Waals surface area (Å²) in [5.41, 5.74) is -1.09. The Morgan fingerprint density at radius 3 is 2.33 bits per heavy atom. The Balaban J connectivity index is 2.65. The average molecular weight is 180 g/mol. The zero-order valence-electron chi connectivity index (χ0n) is 6.66. The lowest BCUT2D eigenvalue weighted by molar-refractivity contribution is -0.118. The molecule has 0 aromatic carbocycles. The highest BCUT2D eigenvalue weighted by atomic mass is 19.3. The van der Waals surface area contributed by atoms with Crippen molar-refractivity contribution >= 4 is 6.29 Å². The molecule has 1 aliphatic carbocycles. The lowest BCUT2D eigenvalue weighted by atomic mass is 9.85. The number of carbonyl (C=O) groups excluding carboxylic acids is 1. The Morgan fingerprint density at radius 2 is 2.00 bits per heavy atom. The van der Waals surface area contributed by atoms with E-state index in [1.54, 1.807) is 0 Å². The van der Waals surface area contributed by atoms with Crippen molar-refractivity contribution in [1.82, 2.24) is 0 Å². The molecule has 0 saturated heterocycles. The molecule has 1 saturated carbocycles. The van der Waals surface area contributed by atoms with Crippen molar-refractivity contribution in [2.45, 2.75) is 31.6 Å². The van der Waals surface area contributed by atoms with Gasteiger partial charge in [0.15, 0.2) is 0 Å². The molecule has 1 unspecified atom stereocenters. The smallest absolute Gasteiger partial charge is 0.249 e. The van der Waals surface area contributed by atoms with Crippen LogP contribution < -0.4 is 0 Å². The lowest BCUT2D eigenvalue weighted by Gasteiger charge is -2.19. The van der Waals surface area contributed by atoms with Crippen molar-refractivity contribution in [3.05, 3.63) is 0 Å². The zero-order chi connectivity index (χ0) is 9.24. The van der Waals surface area contributed by atoms with E-state index in [1.807, 2.05) is 0 Å². The van der Waals surface area contributed by atoms with E-state index in [0.29, 0.717) is 6.29 Å². The van der Waals surface area contributed by atoms with Crippen LogP contribution in [0.25, 0.3) is 0 Å². The quantitative estimate of drug-likeness (QED) is 0.609. The largest absolute Gasteiger partial charge is 0.303 e. The average Bonchev–Trinajstić information content (AvgIpc) is 2.29. The summed E-state index contributed by atoms with van der Waals surface area (Å²) in [7, 11) is 0. The van der Waals surface area contributed by atoms with E-state index >= 15 is 0 Å². The van der Waals surface area contributed by atoms with Crippen LogP contribution in [0.1, 0.15) is 25.7 Å². The topological polar surface area (TPSA) is 17.1 Å². The highest BCUT2D eigenvalue weighted by molar-refractivity contribution is 5.60. The minimum atomic E-state index is -2.77. The van der Waals surface area contributed by atoms with Crippen molar-refractivity contribution in [3.8, 4) is 0 Å². The first-order chi connectivity index (χ1) is 5.54. The number of hydrogen-bond acceptors (Lipinski definition) is 1. The highest BCUT2D eigenvalue weighted by Gasteiger charge is 2.49. The molecule has 12 heavy (non-hydrogen) atoms. The third kappa shape index (κ3) is 1.79. The van der Waals surface area contributed by atoms with Crippen molar-refractivity contribution in [1.29, 1.82) is 0 Å². The molecule has 0 spiro atoms. The summed E-state index contributed by atoms with van der Waals surface area (Å²) in [4.78, 5) is 10.5. The van der Waals surface area contributed by atoms with Crippen LogP contribution in [-0.4, -0.2) is 18.9 Å². The Kier molecular flexibility index (Phi) is 2.44. The Morgan fingerprint density at radius 1 is 1.33 bits per heavy atom. The maximum atomic E-state index is 12.7. The van der Waals surface area contributed by atoms with Gasteiger partial charge in [0, 0.05) is 18.3 Å². The number of hydrogen-bond donors (Lipinski definition) is 0. The first-order valence-corrected chi connectivity index (χ1v) is 3.94. The Bertz CT molecular complexity index is 181. The predicted molar refractivity (Wildman–Crippen MR) is 37.9 cm³/mol. The van der Waals surface area contributed by atoms with E-state index in [-0.39, 0.29) is 19.3 Å². The van der Waals surface area contributed by atoms with Crippen LogP contribution in [0.15, 0.2) is 0 Å². The normalized spacial score (nSPS) is 33.6. The molecular formula is C8H11F3O. The van der Waals surface area contributed by atoms with Gasteiger partial charge in [-0.2, -0.15) is 0 Å². The molecule has 0 aliphatic heterocycles. The highest BCUT2D eigenvalue weighted by Crippen LogP contribution is 2.47. The van der Waals surface area contributed by atoms with E-state index in [2.05, 4.69) is 0 Å². The van der Waals surface area contributed by atoms with Crippen LogP contribution in [0.2, 0.25) is 0 Å². The summed E-state index contributed by atoms with van der Waals surface area (Å²) in [6.45, 7) is -0.700. The molecule has 1 fully saturated rings. The fourth-order valence-electron chi connectivity index (χ4n) is 1.68. The number of halogens is 3. The molecule has 1 nitrogen and oxygen atoms in total. The van der Waals surface area contributed by atoms with E-state index in [0.717, 1.165) is 0 Å². The molecule has 70 valence electrons. The zero-order valence-corrected chi connectivity index (χ0v) is 6.66.